The van der Waals surface area contributed by atoms with E-state index in [1.54, 1.807) is 24.3 Å². The van der Waals surface area contributed by atoms with Gasteiger partial charge in [0.25, 0.3) is 0 Å². The quantitative estimate of drug-likeness (QED) is 0.673. The third kappa shape index (κ3) is 3.57. The summed E-state index contributed by atoms with van der Waals surface area (Å²) in [5.74, 6) is -3.04. The van der Waals surface area contributed by atoms with E-state index in [2.05, 4.69) is 10.6 Å². The van der Waals surface area contributed by atoms with Crippen molar-refractivity contribution in [2.75, 3.05) is 0 Å². The molecule has 1 aromatic carbocycles. The Labute approximate surface area is 116 Å². The van der Waals surface area contributed by atoms with Gasteiger partial charge in [-0.1, -0.05) is 30.3 Å². The molecular formula is C14H16N2O4. The molecule has 1 saturated heterocycles. The minimum Gasteiger partial charge on any atom is -0.481 e. The van der Waals surface area contributed by atoms with Crippen LogP contribution in [0.25, 0.3) is 0 Å². The third-order valence-electron chi connectivity index (χ3n) is 3.21. The molecule has 0 saturated carbocycles. The fourth-order valence-corrected chi connectivity index (χ4v) is 2.14. The average molecular weight is 276 g/mol. The SMILES string of the molecule is O=C1CC[C@H](NC(=O)[C@@H](Cc2ccccc2)C(=O)O)N1. The first kappa shape index (κ1) is 14.0. The Bertz CT molecular complexity index is 515. The van der Waals surface area contributed by atoms with Crippen LogP contribution in [0.5, 0.6) is 0 Å². The summed E-state index contributed by atoms with van der Waals surface area (Å²) in [5, 5.41) is 14.3. The molecule has 106 valence electrons. The predicted molar refractivity (Wildman–Crippen MR) is 70.6 cm³/mol. The van der Waals surface area contributed by atoms with Gasteiger partial charge in [0.15, 0.2) is 0 Å². The number of benzene rings is 1. The second kappa shape index (κ2) is 6.18. The maximum absolute atomic E-state index is 12.0. The Kier molecular flexibility index (Phi) is 4.34. The highest BCUT2D eigenvalue weighted by Gasteiger charge is 2.30. The standard InChI is InChI=1S/C14H16N2O4/c17-12-7-6-11(15-12)16-13(18)10(14(19)20)8-9-4-2-1-3-5-9/h1-5,10-11H,6-8H2,(H,15,17)(H,16,18)(H,19,20)/t10-,11+/m1/s1. The lowest BCUT2D eigenvalue weighted by Gasteiger charge is -2.17. The Morgan fingerprint density at radius 3 is 2.60 bits per heavy atom. The monoisotopic (exact) mass is 276 g/mol. The molecule has 0 bridgehead atoms. The van der Waals surface area contributed by atoms with Crippen molar-refractivity contribution in [3.8, 4) is 0 Å². The highest BCUT2D eigenvalue weighted by Crippen LogP contribution is 2.11. The number of carbonyl (C=O) groups excluding carboxylic acids is 2. The van der Waals surface area contributed by atoms with Crippen molar-refractivity contribution in [1.29, 1.82) is 0 Å². The molecule has 2 amide bonds. The van der Waals surface area contributed by atoms with Gasteiger partial charge >= 0.3 is 5.97 Å². The summed E-state index contributed by atoms with van der Waals surface area (Å²) in [4.78, 5) is 34.3. The fraction of sp³-hybridized carbons (Fsp3) is 0.357. The molecule has 6 nitrogen and oxygen atoms in total. The summed E-state index contributed by atoms with van der Waals surface area (Å²) in [6.07, 6.45) is 0.499. The van der Waals surface area contributed by atoms with E-state index >= 15 is 0 Å². The lowest BCUT2D eigenvalue weighted by molar-refractivity contribution is -0.147. The van der Waals surface area contributed by atoms with Crippen molar-refractivity contribution in [2.24, 2.45) is 5.92 Å². The molecular weight excluding hydrogens is 260 g/mol. The number of aliphatic carboxylic acids is 1. The molecule has 2 rings (SSSR count). The smallest absolute Gasteiger partial charge is 0.316 e. The second-order valence-corrected chi connectivity index (χ2v) is 4.75. The van der Waals surface area contributed by atoms with E-state index < -0.39 is 24.0 Å². The number of hydrogen-bond donors (Lipinski definition) is 3. The average Bonchev–Trinajstić information content (AvgIpc) is 2.82. The number of hydrogen-bond acceptors (Lipinski definition) is 3. The van der Waals surface area contributed by atoms with Gasteiger partial charge in [0.2, 0.25) is 11.8 Å². The van der Waals surface area contributed by atoms with Crippen LogP contribution in [-0.4, -0.2) is 29.1 Å². The first-order valence-corrected chi connectivity index (χ1v) is 6.42. The van der Waals surface area contributed by atoms with Crippen LogP contribution in [0.15, 0.2) is 30.3 Å². The second-order valence-electron chi connectivity index (χ2n) is 4.75. The van der Waals surface area contributed by atoms with Crippen LogP contribution in [0.3, 0.4) is 0 Å². The molecule has 0 radical (unpaired) electrons. The van der Waals surface area contributed by atoms with Crippen molar-refractivity contribution in [3.63, 3.8) is 0 Å². The van der Waals surface area contributed by atoms with Gasteiger partial charge in [0.05, 0.1) is 0 Å². The summed E-state index contributed by atoms with van der Waals surface area (Å²) in [6.45, 7) is 0. The van der Waals surface area contributed by atoms with Crippen LogP contribution >= 0.6 is 0 Å². The zero-order chi connectivity index (χ0) is 14.5. The molecule has 0 unspecified atom stereocenters. The van der Waals surface area contributed by atoms with Crippen molar-refractivity contribution in [3.05, 3.63) is 35.9 Å². The molecule has 1 aromatic rings. The molecule has 1 aliphatic heterocycles. The van der Waals surface area contributed by atoms with Gasteiger partial charge in [-0.15, -0.1) is 0 Å². The van der Waals surface area contributed by atoms with Crippen molar-refractivity contribution in [2.45, 2.75) is 25.4 Å². The van der Waals surface area contributed by atoms with Gasteiger partial charge in [-0.2, -0.15) is 0 Å². The van der Waals surface area contributed by atoms with Crippen LogP contribution in [0.2, 0.25) is 0 Å². The third-order valence-corrected chi connectivity index (χ3v) is 3.21. The van der Waals surface area contributed by atoms with Crippen molar-refractivity contribution < 1.29 is 19.5 Å². The number of carbonyl (C=O) groups is 3. The Hall–Kier alpha value is -2.37. The lowest BCUT2D eigenvalue weighted by Crippen LogP contribution is -2.47. The van der Waals surface area contributed by atoms with E-state index in [-0.39, 0.29) is 12.3 Å². The van der Waals surface area contributed by atoms with E-state index in [0.29, 0.717) is 12.8 Å². The highest BCUT2D eigenvalue weighted by molar-refractivity contribution is 5.97. The zero-order valence-corrected chi connectivity index (χ0v) is 10.8. The van der Waals surface area contributed by atoms with E-state index in [9.17, 15) is 19.5 Å². The van der Waals surface area contributed by atoms with Gasteiger partial charge in [0.1, 0.15) is 12.1 Å². The molecule has 3 N–H and O–H groups in total. The Balaban J connectivity index is 1.99. The molecule has 0 spiro atoms. The van der Waals surface area contributed by atoms with E-state index in [1.165, 1.54) is 0 Å². The number of carboxylic acid groups (broad SMARTS) is 1. The first-order valence-electron chi connectivity index (χ1n) is 6.42. The molecule has 1 fully saturated rings. The van der Waals surface area contributed by atoms with Crippen LogP contribution < -0.4 is 10.6 Å². The minimum atomic E-state index is -1.17. The summed E-state index contributed by atoms with van der Waals surface area (Å²) in [6, 6.07) is 8.97. The Morgan fingerprint density at radius 2 is 2.05 bits per heavy atom. The van der Waals surface area contributed by atoms with E-state index in [1.807, 2.05) is 6.07 Å². The molecule has 0 aliphatic carbocycles. The normalized spacial score (nSPS) is 19.2. The number of amides is 2. The first-order chi connectivity index (χ1) is 9.56. The van der Waals surface area contributed by atoms with Crippen LogP contribution in [0.1, 0.15) is 18.4 Å². The minimum absolute atomic E-state index is 0.128. The highest BCUT2D eigenvalue weighted by atomic mass is 16.4. The Morgan fingerprint density at radius 1 is 1.35 bits per heavy atom. The van der Waals surface area contributed by atoms with Crippen molar-refractivity contribution >= 4 is 17.8 Å². The van der Waals surface area contributed by atoms with Gasteiger partial charge in [-0.05, 0) is 18.4 Å². The molecule has 6 heteroatoms. The van der Waals surface area contributed by atoms with Gasteiger partial charge in [0, 0.05) is 6.42 Å². The van der Waals surface area contributed by atoms with Crippen molar-refractivity contribution in [1.82, 2.24) is 10.6 Å². The zero-order valence-electron chi connectivity index (χ0n) is 10.8. The lowest BCUT2D eigenvalue weighted by atomic mass is 9.98. The maximum atomic E-state index is 12.0. The summed E-state index contributed by atoms with van der Waals surface area (Å²) >= 11 is 0. The van der Waals surface area contributed by atoms with Gasteiger partial charge < -0.3 is 15.7 Å². The van der Waals surface area contributed by atoms with E-state index in [0.717, 1.165) is 5.56 Å². The predicted octanol–water partition coefficient (Wildman–Crippen LogP) is 0.282. The van der Waals surface area contributed by atoms with Gasteiger partial charge in [-0.3, -0.25) is 14.4 Å². The number of nitrogens with one attached hydrogen (secondary N) is 2. The largest absolute Gasteiger partial charge is 0.481 e. The molecule has 0 aromatic heterocycles. The summed E-state index contributed by atoms with van der Waals surface area (Å²) < 4.78 is 0. The van der Waals surface area contributed by atoms with Gasteiger partial charge in [-0.25, -0.2) is 0 Å². The van der Waals surface area contributed by atoms with Crippen LogP contribution in [0.4, 0.5) is 0 Å². The molecule has 2 atom stereocenters. The van der Waals surface area contributed by atoms with E-state index in [4.69, 9.17) is 0 Å². The molecule has 20 heavy (non-hydrogen) atoms. The maximum Gasteiger partial charge on any atom is 0.316 e. The topological polar surface area (TPSA) is 95.5 Å². The molecule has 1 aliphatic rings. The van der Waals surface area contributed by atoms with Crippen LogP contribution in [-0.2, 0) is 20.8 Å². The summed E-state index contributed by atoms with van der Waals surface area (Å²) in [7, 11) is 0. The summed E-state index contributed by atoms with van der Waals surface area (Å²) in [5.41, 5.74) is 0.783. The molecule has 1 heterocycles. The number of carboxylic acids is 1. The number of rotatable bonds is 5. The fourth-order valence-electron chi connectivity index (χ4n) is 2.14. The van der Waals surface area contributed by atoms with Crippen LogP contribution in [0, 0.1) is 5.92 Å².